The van der Waals surface area contributed by atoms with Crippen molar-refractivity contribution in [2.24, 2.45) is 29.6 Å². The molecule has 5 rings (SSSR count). The summed E-state index contributed by atoms with van der Waals surface area (Å²) in [6, 6.07) is 0.466. The molecule has 1 aromatic heterocycles. The average molecular weight is 272 g/mol. The maximum absolute atomic E-state index is 5.64. The SMILES string of the molecule is CC(Nc1ncc(N)cn1)C1C2CC3CC(C2)CC1C3. The van der Waals surface area contributed by atoms with Gasteiger partial charge in [-0.3, -0.25) is 0 Å². The van der Waals surface area contributed by atoms with Crippen LogP contribution < -0.4 is 11.1 Å². The van der Waals surface area contributed by atoms with Crippen LogP contribution in [0.2, 0.25) is 0 Å². The first-order valence-electron chi connectivity index (χ1n) is 8.03. The summed E-state index contributed by atoms with van der Waals surface area (Å²) in [6.45, 7) is 2.31. The molecule has 4 aliphatic rings. The van der Waals surface area contributed by atoms with E-state index >= 15 is 0 Å². The molecular weight excluding hydrogens is 248 g/mol. The van der Waals surface area contributed by atoms with E-state index in [0.717, 1.165) is 35.5 Å². The number of anilines is 2. The fraction of sp³-hybridized carbons (Fsp3) is 0.750. The molecule has 1 unspecified atom stereocenters. The van der Waals surface area contributed by atoms with Crippen LogP contribution in [0.5, 0.6) is 0 Å². The van der Waals surface area contributed by atoms with E-state index in [1.54, 1.807) is 12.4 Å². The van der Waals surface area contributed by atoms with Gasteiger partial charge in [-0.2, -0.15) is 0 Å². The number of nitrogens with zero attached hydrogens (tertiary/aromatic N) is 2. The number of hydrogen-bond donors (Lipinski definition) is 2. The lowest BCUT2D eigenvalue weighted by Gasteiger charge is -2.56. The number of rotatable bonds is 3. The van der Waals surface area contributed by atoms with Crippen molar-refractivity contribution in [3.63, 3.8) is 0 Å². The third-order valence-electron chi connectivity index (χ3n) is 5.91. The van der Waals surface area contributed by atoms with E-state index in [1.807, 2.05) is 0 Å². The third-order valence-corrected chi connectivity index (χ3v) is 5.91. The third kappa shape index (κ3) is 2.05. The summed E-state index contributed by atoms with van der Waals surface area (Å²) in [5.41, 5.74) is 6.27. The number of nitrogen functional groups attached to an aromatic ring is 1. The summed E-state index contributed by atoms with van der Waals surface area (Å²) in [5.74, 6) is 5.47. The summed E-state index contributed by atoms with van der Waals surface area (Å²) in [7, 11) is 0. The Morgan fingerprint density at radius 1 is 1.05 bits per heavy atom. The minimum atomic E-state index is 0.466. The Labute approximate surface area is 120 Å². The van der Waals surface area contributed by atoms with Crippen molar-refractivity contribution in [1.29, 1.82) is 0 Å². The van der Waals surface area contributed by atoms with E-state index in [0.29, 0.717) is 11.7 Å². The maximum Gasteiger partial charge on any atom is 0.222 e. The molecule has 1 aromatic rings. The zero-order valence-electron chi connectivity index (χ0n) is 12.1. The lowest BCUT2D eigenvalue weighted by Crippen LogP contribution is -2.50. The van der Waals surface area contributed by atoms with Gasteiger partial charge in [0.1, 0.15) is 0 Å². The summed E-state index contributed by atoms with van der Waals surface area (Å²) in [6.07, 6.45) is 10.7. The highest BCUT2D eigenvalue weighted by molar-refractivity contribution is 5.36. The Balaban J connectivity index is 1.48. The zero-order valence-corrected chi connectivity index (χ0v) is 12.1. The molecule has 0 radical (unpaired) electrons. The van der Waals surface area contributed by atoms with Crippen molar-refractivity contribution >= 4 is 11.6 Å². The lowest BCUT2D eigenvalue weighted by molar-refractivity contribution is -0.0418. The highest BCUT2D eigenvalue weighted by Gasteiger charge is 2.49. The monoisotopic (exact) mass is 272 g/mol. The number of nitrogens with one attached hydrogen (secondary N) is 1. The van der Waals surface area contributed by atoms with Crippen molar-refractivity contribution in [2.75, 3.05) is 11.1 Å². The van der Waals surface area contributed by atoms with Gasteiger partial charge >= 0.3 is 0 Å². The second-order valence-corrected chi connectivity index (χ2v) is 7.28. The molecule has 4 bridgehead atoms. The number of aromatic nitrogens is 2. The fourth-order valence-electron chi connectivity index (χ4n) is 5.50. The molecule has 0 amide bonds. The molecule has 108 valence electrons. The van der Waals surface area contributed by atoms with Gasteiger partial charge in [0.15, 0.2) is 0 Å². The average Bonchev–Trinajstić information content (AvgIpc) is 2.40. The molecule has 4 nitrogen and oxygen atoms in total. The molecule has 3 N–H and O–H groups in total. The quantitative estimate of drug-likeness (QED) is 0.888. The van der Waals surface area contributed by atoms with Crippen molar-refractivity contribution in [1.82, 2.24) is 9.97 Å². The highest BCUT2D eigenvalue weighted by atomic mass is 15.1. The van der Waals surface area contributed by atoms with Gasteiger partial charge in [-0.25, -0.2) is 9.97 Å². The van der Waals surface area contributed by atoms with Crippen LogP contribution in [0.25, 0.3) is 0 Å². The van der Waals surface area contributed by atoms with Crippen LogP contribution in [-0.4, -0.2) is 16.0 Å². The minimum absolute atomic E-state index is 0.466. The number of hydrogen-bond acceptors (Lipinski definition) is 4. The van der Waals surface area contributed by atoms with Gasteiger partial charge < -0.3 is 11.1 Å². The molecule has 20 heavy (non-hydrogen) atoms. The molecule has 0 aromatic carbocycles. The van der Waals surface area contributed by atoms with Crippen LogP contribution in [0, 0.1) is 29.6 Å². The van der Waals surface area contributed by atoms with E-state index in [-0.39, 0.29) is 0 Å². The van der Waals surface area contributed by atoms with Crippen molar-refractivity contribution < 1.29 is 0 Å². The molecule has 0 saturated heterocycles. The van der Waals surface area contributed by atoms with Gasteiger partial charge in [0.2, 0.25) is 5.95 Å². The predicted octanol–water partition coefficient (Wildman–Crippen LogP) is 2.93. The van der Waals surface area contributed by atoms with E-state index in [1.165, 1.54) is 32.1 Å². The summed E-state index contributed by atoms with van der Waals surface area (Å²) < 4.78 is 0. The molecule has 1 atom stereocenters. The highest BCUT2D eigenvalue weighted by Crippen LogP contribution is 2.57. The minimum Gasteiger partial charge on any atom is -0.396 e. The Hall–Kier alpha value is -1.32. The summed E-state index contributed by atoms with van der Waals surface area (Å²) >= 11 is 0. The Morgan fingerprint density at radius 3 is 2.15 bits per heavy atom. The Kier molecular flexibility index (Phi) is 2.86. The molecule has 0 aliphatic heterocycles. The van der Waals surface area contributed by atoms with Crippen LogP contribution in [0.1, 0.15) is 39.0 Å². The second kappa shape index (κ2) is 4.61. The van der Waals surface area contributed by atoms with Crippen LogP contribution in [0.4, 0.5) is 11.6 Å². The molecule has 4 fully saturated rings. The zero-order chi connectivity index (χ0) is 13.7. The Bertz CT molecular complexity index is 456. The first-order valence-corrected chi connectivity index (χ1v) is 8.03. The molecule has 1 heterocycles. The topological polar surface area (TPSA) is 63.8 Å². The van der Waals surface area contributed by atoms with Gasteiger partial charge in [0.05, 0.1) is 18.1 Å². The second-order valence-electron chi connectivity index (χ2n) is 7.28. The molecular formula is C16H24N4. The molecule has 4 saturated carbocycles. The van der Waals surface area contributed by atoms with Crippen LogP contribution in [0.3, 0.4) is 0 Å². The predicted molar refractivity (Wildman–Crippen MR) is 80.1 cm³/mol. The molecule has 4 heteroatoms. The van der Waals surface area contributed by atoms with Gasteiger partial charge in [-0.15, -0.1) is 0 Å². The van der Waals surface area contributed by atoms with Gasteiger partial charge in [-0.1, -0.05) is 0 Å². The van der Waals surface area contributed by atoms with Gasteiger partial charge in [-0.05, 0) is 68.6 Å². The summed E-state index contributed by atoms with van der Waals surface area (Å²) in [5, 5.41) is 3.52. The van der Waals surface area contributed by atoms with Gasteiger partial charge in [0, 0.05) is 6.04 Å². The lowest BCUT2D eigenvalue weighted by atomic mass is 9.50. The fourth-order valence-corrected chi connectivity index (χ4v) is 5.50. The largest absolute Gasteiger partial charge is 0.396 e. The van der Waals surface area contributed by atoms with Crippen LogP contribution in [0.15, 0.2) is 12.4 Å². The van der Waals surface area contributed by atoms with Crippen LogP contribution in [-0.2, 0) is 0 Å². The van der Waals surface area contributed by atoms with Crippen molar-refractivity contribution in [3.05, 3.63) is 12.4 Å². The smallest absolute Gasteiger partial charge is 0.222 e. The normalized spacial score (nSPS) is 39.8. The Morgan fingerprint density at radius 2 is 1.60 bits per heavy atom. The maximum atomic E-state index is 5.64. The molecule has 0 spiro atoms. The first-order chi connectivity index (χ1) is 9.69. The van der Waals surface area contributed by atoms with E-state index in [2.05, 4.69) is 22.2 Å². The van der Waals surface area contributed by atoms with Gasteiger partial charge in [0.25, 0.3) is 0 Å². The van der Waals surface area contributed by atoms with E-state index < -0.39 is 0 Å². The van der Waals surface area contributed by atoms with Crippen molar-refractivity contribution in [2.45, 2.75) is 45.1 Å². The van der Waals surface area contributed by atoms with Crippen LogP contribution >= 0.6 is 0 Å². The van der Waals surface area contributed by atoms with E-state index in [9.17, 15) is 0 Å². The van der Waals surface area contributed by atoms with Crippen molar-refractivity contribution in [3.8, 4) is 0 Å². The van der Waals surface area contributed by atoms with E-state index in [4.69, 9.17) is 5.73 Å². The summed E-state index contributed by atoms with van der Waals surface area (Å²) in [4.78, 5) is 8.57. The number of nitrogens with two attached hydrogens (primary N) is 1. The first kappa shape index (κ1) is 12.4. The molecule has 4 aliphatic carbocycles. The standard InChI is InChI=1S/C16H24N4/c1-9(20-16-18-7-14(17)8-19-16)15-12-3-10-2-11(5-12)6-13(15)4-10/h7-13,15H,2-6,17H2,1H3,(H,18,19,20).